The number of aryl methyl sites for hydroxylation is 1. The molecule has 1 radical (unpaired) electrons. The molecule has 1 aromatic rings. The maximum Gasteiger partial charge on any atom is -0.00899 e. The molecule has 0 heterocycles. The molecule has 16 heavy (non-hydrogen) atoms. The fourth-order valence-corrected chi connectivity index (χ4v) is 2.67. The second-order valence-corrected chi connectivity index (χ2v) is 5.37. The first-order valence-corrected chi connectivity index (χ1v) is 6.68. The Morgan fingerprint density at radius 2 is 2.06 bits per heavy atom. The zero-order valence-electron chi connectivity index (χ0n) is 10.8. The van der Waals surface area contributed by atoms with Gasteiger partial charge in [-0.1, -0.05) is 32.9 Å². The molecule has 0 aromatic heterocycles. The molecule has 1 aliphatic carbocycles. The molecule has 87 valence electrons. The van der Waals surface area contributed by atoms with Gasteiger partial charge < -0.3 is 0 Å². The van der Waals surface area contributed by atoms with E-state index >= 15 is 0 Å². The molecule has 0 saturated heterocycles. The first kappa shape index (κ1) is 11.7. The van der Waals surface area contributed by atoms with Gasteiger partial charge in [0.25, 0.3) is 0 Å². The lowest BCUT2D eigenvalue weighted by Crippen LogP contribution is -2.08. The molecule has 0 aliphatic heterocycles. The van der Waals surface area contributed by atoms with E-state index in [2.05, 4.69) is 39.3 Å². The summed E-state index contributed by atoms with van der Waals surface area (Å²) < 4.78 is 0. The first-order valence-electron chi connectivity index (χ1n) is 6.68. The predicted molar refractivity (Wildman–Crippen MR) is 70.7 cm³/mol. The zero-order valence-corrected chi connectivity index (χ0v) is 10.8. The quantitative estimate of drug-likeness (QED) is 0.703. The van der Waals surface area contributed by atoms with Crippen molar-refractivity contribution in [1.82, 2.24) is 0 Å². The highest BCUT2D eigenvalue weighted by Gasteiger charge is 2.15. The van der Waals surface area contributed by atoms with E-state index in [-0.39, 0.29) is 0 Å². The van der Waals surface area contributed by atoms with Crippen LogP contribution in [0, 0.1) is 12.3 Å². The van der Waals surface area contributed by atoms with Crippen LogP contribution in [0.2, 0.25) is 0 Å². The number of hydrogen-bond donors (Lipinski definition) is 0. The van der Waals surface area contributed by atoms with Crippen LogP contribution in [0.3, 0.4) is 0 Å². The molecule has 0 saturated carbocycles. The Labute approximate surface area is 100 Å². The van der Waals surface area contributed by atoms with Crippen LogP contribution in [0.5, 0.6) is 0 Å². The third-order valence-corrected chi connectivity index (χ3v) is 3.47. The van der Waals surface area contributed by atoms with Crippen molar-refractivity contribution in [3.8, 4) is 0 Å². The minimum atomic E-state index is 0.762. The van der Waals surface area contributed by atoms with Crippen LogP contribution in [0.1, 0.15) is 55.9 Å². The standard InChI is InChI=1S/C16H23/c1-4-13-10-14-7-5-6-8-16(14)15(11-13)9-12(2)3/h7,10-12H,4-6,8-9H2,1-3H3. The lowest BCUT2D eigenvalue weighted by atomic mass is 9.84. The number of rotatable bonds is 3. The van der Waals surface area contributed by atoms with E-state index in [0.29, 0.717) is 0 Å². The molecule has 0 amide bonds. The number of hydrogen-bond acceptors (Lipinski definition) is 0. The third kappa shape index (κ3) is 2.48. The van der Waals surface area contributed by atoms with E-state index < -0.39 is 0 Å². The lowest BCUT2D eigenvalue weighted by molar-refractivity contribution is 0.635. The van der Waals surface area contributed by atoms with Gasteiger partial charge in [-0.15, -0.1) is 0 Å². The minimum absolute atomic E-state index is 0.762. The monoisotopic (exact) mass is 215 g/mol. The van der Waals surface area contributed by atoms with Gasteiger partial charge in [0.2, 0.25) is 0 Å². The van der Waals surface area contributed by atoms with Crippen molar-refractivity contribution in [2.24, 2.45) is 5.92 Å². The van der Waals surface area contributed by atoms with Crippen LogP contribution in [-0.2, 0) is 19.3 Å². The van der Waals surface area contributed by atoms with Crippen LogP contribution in [0.15, 0.2) is 12.1 Å². The van der Waals surface area contributed by atoms with Crippen molar-refractivity contribution in [1.29, 1.82) is 0 Å². The van der Waals surface area contributed by atoms with E-state index in [1.165, 1.54) is 36.8 Å². The molecule has 0 bridgehead atoms. The normalized spacial score (nSPS) is 15.2. The van der Waals surface area contributed by atoms with E-state index in [4.69, 9.17) is 0 Å². The average molecular weight is 215 g/mol. The molecule has 0 spiro atoms. The summed E-state index contributed by atoms with van der Waals surface area (Å²) in [6.07, 6.45) is 8.72. The van der Waals surface area contributed by atoms with Crippen LogP contribution in [0.4, 0.5) is 0 Å². The molecule has 1 aromatic carbocycles. The molecule has 1 aliphatic rings. The number of benzene rings is 1. The van der Waals surface area contributed by atoms with Crippen molar-refractivity contribution in [3.05, 3.63) is 40.8 Å². The molecular weight excluding hydrogens is 192 g/mol. The SMILES string of the molecule is CCc1cc2c(c(CC(C)C)c1)CCC[CH]2. The van der Waals surface area contributed by atoms with Gasteiger partial charge >= 0.3 is 0 Å². The molecular formula is C16H23. The summed E-state index contributed by atoms with van der Waals surface area (Å²) in [5.41, 5.74) is 6.28. The Morgan fingerprint density at radius 1 is 1.25 bits per heavy atom. The van der Waals surface area contributed by atoms with Crippen LogP contribution in [0.25, 0.3) is 0 Å². The third-order valence-electron chi connectivity index (χ3n) is 3.47. The van der Waals surface area contributed by atoms with Crippen LogP contribution >= 0.6 is 0 Å². The number of fused-ring (bicyclic) bond motifs is 1. The lowest BCUT2D eigenvalue weighted by Gasteiger charge is -2.21. The Morgan fingerprint density at radius 3 is 2.75 bits per heavy atom. The average Bonchev–Trinajstić information content (AvgIpc) is 2.28. The molecule has 2 rings (SSSR count). The van der Waals surface area contributed by atoms with Gasteiger partial charge in [0, 0.05) is 0 Å². The minimum Gasteiger partial charge on any atom is -0.0625 e. The molecule has 0 nitrogen and oxygen atoms in total. The van der Waals surface area contributed by atoms with Gasteiger partial charge in [-0.2, -0.15) is 0 Å². The molecule has 0 heteroatoms. The maximum absolute atomic E-state index is 2.44. The van der Waals surface area contributed by atoms with E-state index in [1.54, 1.807) is 11.1 Å². The Balaban J connectivity index is 2.39. The molecule has 0 unspecified atom stereocenters. The van der Waals surface area contributed by atoms with Crippen molar-refractivity contribution in [3.63, 3.8) is 0 Å². The summed E-state index contributed by atoms with van der Waals surface area (Å²) in [6, 6.07) is 4.84. The largest absolute Gasteiger partial charge is 0.0625 e. The maximum atomic E-state index is 2.44. The van der Waals surface area contributed by atoms with Gasteiger partial charge in [0.15, 0.2) is 0 Å². The molecule has 0 atom stereocenters. The van der Waals surface area contributed by atoms with E-state index in [0.717, 1.165) is 12.3 Å². The summed E-state index contributed by atoms with van der Waals surface area (Å²) >= 11 is 0. The van der Waals surface area contributed by atoms with Crippen molar-refractivity contribution >= 4 is 0 Å². The van der Waals surface area contributed by atoms with E-state index in [1.807, 2.05) is 0 Å². The van der Waals surface area contributed by atoms with Gasteiger partial charge in [-0.25, -0.2) is 0 Å². The summed E-state index contributed by atoms with van der Waals surface area (Å²) in [7, 11) is 0. The Kier molecular flexibility index (Phi) is 3.68. The fourth-order valence-electron chi connectivity index (χ4n) is 2.67. The highest BCUT2D eigenvalue weighted by molar-refractivity contribution is 5.44. The topological polar surface area (TPSA) is 0 Å². The molecule has 0 fully saturated rings. The van der Waals surface area contributed by atoms with Gasteiger partial charge in [0.05, 0.1) is 0 Å². The van der Waals surface area contributed by atoms with Gasteiger partial charge in [-0.05, 0) is 66.7 Å². The summed E-state index contributed by atoms with van der Waals surface area (Å²) in [5, 5.41) is 0. The summed E-state index contributed by atoms with van der Waals surface area (Å²) in [6.45, 7) is 6.89. The fraction of sp³-hybridized carbons (Fsp3) is 0.562. The smallest absolute Gasteiger partial charge is 0.00899 e. The highest BCUT2D eigenvalue weighted by Crippen LogP contribution is 2.29. The van der Waals surface area contributed by atoms with E-state index in [9.17, 15) is 0 Å². The van der Waals surface area contributed by atoms with Crippen LogP contribution in [-0.4, -0.2) is 0 Å². The van der Waals surface area contributed by atoms with Crippen molar-refractivity contribution < 1.29 is 0 Å². The Bertz CT molecular complexity index is 361. The summed E-state index contributed by atoms with van der Waals surface area (Å²) in [4.78, 5) is 0. The van der Waals surface area contributed by atoms with Crippen molar-refractivity contribution in [2.45, 2.75) is 52.9 Å². The van der Waals surface area contributed by atoms with Crippen LogP contribution < -0.4 is 0 Å². The first-order chi connectivity index (χ1) is 7.70. The van der Waals surface area contributed by atoms with Gasteiger partial charge in [-0.3, -0.25) is 0 Å². The summed E-state index contributed by atoms with van der Waals surface area (Å²) in [5.74, 6) is 0.762. The van der Waals surface area contributed by atoms with Gasteiger partial charge in [0.1, 0.15) is 0 Å². The Hall–Kier alpha value is -0.780. The molecule has 0 N–H and O–H groups in total. The zero-order chi connectivity index (χ0) is 11.5. The highest BCUT2D eigenvalue weighted by atomic mass is 14.2. The predicted octanol–water partition coefficient (Wildman–Crippen LogP) is 4.34. The second-order valence-electron chi connectivity index (χ2n) is 5.37. The van der Waals surface area contributed by atoms with Crippen molar-refractivity contribution in [2.75, 3.05) is 0 Å². The second kappa shape index (κ2) is 5.03.